The molecule has 1 aromatic heterocycles. The smallest absolute Gasteiger partial charge is 0.371 e. The molecule has 4 heterocycles. The number of nitrogens with one attached hydrogen (secondary N) is 4. The number of amides is 2. The Labute approximate surface area is 285 Å². The summed E-state index contributed by atoms with van der Waals surface area (Å²) < 4.78 is 42.9. The Bertz CT molecular complexity index is 1620. The fourth-order valence-electron chi connectivity index (χ4n) is 7.05. The molecule has 10 nitrogen and oxygen atoms in total. The second-order valence-corrected chi connectivity index (χ2v) is 13.2. The van der Waals surface area contributed by atoms with E-state index >= 15 is 0 Å². The molecule has 3 aromatic rings. The zero-order valence-corrected chi connectivity index (χ0v) is 27.9. The van der Waals surface area contributed by atoms with Crippen LogP contribution in [0.25, 0.3) is 0 Å². The Morgan fingerprint density at radius 3 is 2.53 bits per heavy atom. The third-order valence-electron chi connectivity index (χ3n) is 9.82. The van der Waals surface area contributed by atoms with Gasteiger partial charge in [0.15, 0.2) is 0 Å². The van der Waals surface area contributed by atoms with Gasteiger partial charge in [-0.05, 0) is 97.8 Å². The molecule has 3 aliphatic rings. The van der Waals surface area contributed by atoms with Crippen LogP contribution < -0.4 is 31.1 Å². The number of aromatic nitrogens is 1. The lowest BCUT2D eigenvalue weighted by molar-refractivity contribution is -0.137. The van der Waals surface area contributed by atoms with Crippen LogP contribution in [0.15, 0.2) is 48.7 Å². The van der Waals surface area contributed by atoms with Gasteiger partial charge in [0.25, 0.3) is 0 Å². The number of hydrogen-bond donors (Lipinski definition) is 4. The second-order valence-electron chi connectivity index (χ2n) is 13.2. The van der Waals surface area contributed by atoms with Crippen molar-refractivity contribution in [1.82, 2.24) is 20.5 Å². The Balaban J connectivity index is 0.990. The van der Waals surface area contributed by atoms with Crippen molar-refractivity contribution in [3.05, 3.63) is 70.9 Å². The van der Waals surface area contributed by atoms with E-state index in [9.17, 15) is 22.8 Å². The molecule has 0 unspecified atom stereocenters. The number of piperazine rings is 1. The Morgan fingerprint density at radius 1 is 1.00 bits per heavy atom. The molecule has 2 fully saturated rings. The van der Waals surface area contributed by atoms with Crippen LogP contribution >= 0.6 is 0 Å². The average Bonchev–Trinajstić information content (AvgIpc) is 3.09. The maximum absolute atomic E-state index is 14.3. The molecule has 0 spiro atoms. The highest BCUT2D eigenvalue weighted by atomic mass is 19.4. The molecule has 2 amide bonds. The molecule has 0 radical (unpaired) electrons. The minimum absolute atomic E-state index is 0.145. The first-order chi connectivity index (χ1) is 23.7. The summed E-state index contributed by atoms with van der Waals surface area (Å²) in [5.41, 5.74) is 5.14. The monoisotopic (exact) mass is 678 g/mol. The van der Waals surface area contributed by atoms with Gasteiger partial charge in [0.2, 0.25) is 12.3 Å². The maximum Gasteiger partial charge on any atom is 0.418 e. The number of aryl methyl sites for hydroxylation is 1. The van der Waals surface area contributed by atoms with Gasteiger partial charge in [0.1, 0.15) is 5.82 Å². The van der Waals surface area contributed by atoms with Gasteiger partial charge in [0, 0.05) is 94.3 Å². The van der Waals surface area contributed by atoms with Gasteiger partial charge < -0.3 is 31.1 Å². The van der Waals surface area contributed by atoms with Crippen LogP contribution in [0.1, 0.15) is 41.5 Å². The topological polar surface area (TPSA) is 105 Å². The van der Waals surface area contributed by atoms with E-state index in [1.807, 2.05) is 36.2 Å². The molecule has 0 atom stereocenters. The number of carbonyl (C=O) groups is 2. The zero-order valence-electron chi connectivity index (χ0n) is 27.9. The van der Waals surface area contributed by atoms with Crippen LogP contribution in [0.2, 0.25) is 0 Å². The number of anilines is 5. The van der Waals surface area contributed by atoms with E-state index in [0.717, 1.165) is 87.6 Å². The molecule has 13 heteroatoms. The molecule has 4 N–H and O–H groups in total. The Morgan fingerprint density at radius 2 is 1.80 bits per heavy atom. The van der Waals surface area contributed by atoms with E-state index in [1.54, 1.807) is 12.1 Å². The molecule has 2 saturated heterocycles. The number of benzene rings is 2. The largest absolute Gasteiger partial charge is 0.418 e. The van der Waals surface area contributed by atoms with Crippen molar-refractivity contribution in [2.45, 2.75) is 45.3 Å². The molecular formula is C36H45F3N8O2. The highest BCUT2D eigenvalue weighted by Gasteiger charge is 2.36. The second kappa shape index (κ2) is 15.5. The highest BCUT2D eigenvalue weighted by molar-refractivity contribution is 5.92. The van der Waals surface area contributed by atoms with Crippen molar-refractivity contribution in [2.24, 2.45) is 5.92 Å². The van der Waals surface area contributed by atoms with Crippen LogP contribution in [0, 0.1) is 12.8 Å². The Kier molecular flexibility index (Phi) is 10.9. The lowest BCUT2D eigenvalue weighted by atomic mass is 9.94. The van der Waals surface area contributed by atoms with E-state index in [2.05, 4.69) is 42.1 Å². The number of nitrogens with zero attached hydrogens (tertiary/aromatic N) is 4. The summed E-state index contributed by atoms with van der Waals surface area (Å²) in [6, 6.07) is 12.5. The number of fused-ring (bicyclic) bond motifs is 1. The van der Waals surface area contributed by atoms with E-state index in [1.165, 1.54) is 11.6 Å². The van der Waals surface area contributed by atoms with Crippen LogP contribution in [0.3, 0.4) is 0 Å². The lowest BCUT2D eigenvalue weighted by Crippen LogP contribution is -2.49. The molecule has 3 aliphatic heterocycles. The van der Waals surface area contributed by atoms with E-state index < -0.39 is 11.7 Å². The third kappa shape index (κ3) is 8.82. The summed E-state index contributed by atoms with van der Waals surface area (Å²) in [4.78, 5) is 33.7. The van der Waals surface area contributed by atoms with Crippen molar-refractivity contribution < 1.29 is 22.8 Å². The number of pyridine rings is 1. The van der Waals surface area contributed by atoms with E-state index in [-0.39, 0.29) is 18.0 Å². The van der Waals surface area contributed by atoms with Crippen LogP contribution in [-0.4, -0.2) is 81.1 Å². The third-order valence-corrected chi connectivity index (χ3v) is 9.82. The molecule has 0 aliphatic carbocycles. The van der Waals surface area contributed by atoms with Crippen molar-refractivity contribution in [3.8, 4) is 0 Å². The number of piperidine rings is 1. The maximum atomic E-state index is 14.3. The summed E-state index contributed by atoms with van der Waals surface area (Å²) in [6.07, 6.45) is 0.730. The van der Waals surface area contributed by atoms with Crippen molar-refractivity contribution >= 4 is 40.9 Å². The fourth-order valence-corrected chi connectivity index (χ4v) is 7.05. The minimum atomic E-state index is -4.47. The number of carbonyl (C=O) groups excluding carboxylic acids is 2. The average molecular weight is 679 g/mol. The molecule has 6 rings (SSSR count). The molecule has 2 aromatic carbocycles. The van der Waals surface area contributed by atoms with Gasteiger partial charge in [-0.2, -0.15) is 13.2 Å². The summed E-state index contributed by atoms with van der Waals surface area (Å²) in [7, 11) is 0. The number of rotatable bonds is 11. The van der Waals surface area contributed by atoms with Gasteiger partial charge in [0.05, 0.1) is 5.56 Å². The molecule has 262 valence electrons. The summed E-state index contributed by atoms with van der Waals surface area (Å²) >= 11 is 0. The van der Waals surface area contributed by atoms with Crippen LogP contribution in [-0.2, 0) is 28.7 Å². The number of hydrogen-bond acceptors (Lipinski definition) is 8. The Hall–Kier alpha value is -4.36. The van der Waals surface area contributed by atoms with E-state index in [4.69, 9.17) is 0 Å². The summed E-state index contributed by atoms with van der Waals surface area (Å²) in [5, 5.41) is 11.8. The van der Waals surface area contributed by atoms with Gasteiger partial charge in [-0.1, -0.05) is 0 Å². The lowest BCUT2D eigenvalue weighted by Gasteiger charge is -2.40. The van der Waals surface area contributed by atoms with Crippen molar-refractivity contribution in [1.29, 1.82) is 0 Å². The summed E-state index contributed by atoms with van der Waals surface area (Å²) in [5.74, 6) is 0.836. The van der Waals surface area contributed by atoms with Gasteiger partial charge in [-0.3, -0.25) is 14.5 Å². The molecule has 0 saturated carbocycles. The predicted molar refractivity (Wildman–Crippen MR) is 186 cm³/mol. The zero-order chi connectivity index (χ0) is 34.4. The minimum Gasteiger partial charge on any atom is -0.371 e. The first-order valence-corrected chi connectivity index (χ1v) is 17.1. The molecule has 0 bridgehead atoms. The van der Waals surface area contributed by atoms with Gasteiger partial charge in [-0.25, -0.2) is 4.98 Å². The first-order valence-electron chi connectivity index (χ1n) is 17.1. The van der Waals surface area contributed by atoms with Crippen molar-refractivity contribution in [2.75, 3.05) is 79.3 Å². The highest BCUT2D eigenvalue weighted by Crippen LogP contribution is 2.40. The fraction of sp³-hybridized carbons (Fsp3) is 0.472. The SMILES string of the molecule is Cc1cc(N2CCN(CC3CCN(c4ccc(Nc5cc6c(cn5)CCNC6)cc4C(F)(F)F)CC3)CC2)ccc1NC(=O)CCNC=O. The van der Waals surface area contributed by atoms with Crippen LogP contribution in [0.4, 0.5) is 41.7 Å². The standard InChI is InChI=1S/C36H45F3N8O2/c1-25-18-30(3-4-32(25)44-35(49)7-11-41-24-48)46-16-14-45(15-17-46)23-26-8-12-47(13-9-26)33-5-2-29(20-31(33)36(37,38)39)43-34-19-28-21-40-10-6-27(28)22-42-34/h2-5,18-20,22,24,26,40H,6-17,21,23H2,1H3,(H,41,48)(H,42,43)(H,44,49). The normalized spacial score (nSPS) is 17.4. The van der Waals surface area contributed by atoms with Gasteiger partial charge in [-0.15, -0.1) is 0 Å². The van der Waals surface area contributed by atoms with Crippen LogP contribution in [0.5, 0.6) is 0 Å². The quantitative estimate of drug-likeness (QED) is 0.168. The first kappa shape index (κ1) is 34.5. The van der Waals surface area contributed by atoms with E-state index in [0.29, 0.717) is 43.5 Å². The van der Waals surface area contributed by atoms with Crippen molar-refractivity contribution in [3.63, 3.8) is 0 Å². The van der Waals surface area contributed by atoms with Gasteiger partial charge >= 0.3 is 6.18 Å². The molecular weight excluding hydrogens is 633 g/mol. The molecule has 49 heavy (non-hydrogen) atoms. The number of alkyl halides is 3. The summed E-state index contributed by atoms with van der Waals surface area (Å²) in [6.45, 7) is 9.64. The predicted octanol–water partition coefficient (Wildman–Crippen LogP) is 4.91. The number of halogens is 3.